The largest absolute Gasteiger partial charge is 0.480 e. The molecule has 1 atom stereocenters. The van der Waals surface area contributed by atoms with Gasteiger partial charge in [0.2, 0.25) is 10.0 Å². The quantitative estimate of drug-likeness (QED) is 0.749. The second-order valence-electron chi connectivity index (χ2n) is 4.21. The number of hydrogen-bond donors (Lipinski definition) is 1. The van der Waals surface area contributed by atoms with E-state index in [1.54, 1.807) is 0 Å². The van der Waals surface area contributed by atoms with E-state index in [0.29, 0.717) is 13.1 Å². The minimum Gasteiger partial charge on any atom is -0.480 e. The number of carbonyl (C=O) groups is 1. The van der Waals surface area contributed by atoms with Gasteiger partial charge in [0.15, 0.2) is 0 Å². The van der Waals surface area contributed by atoms with Crippen molar-refractivity contribution in [3.8, 4) is 0 Å². The highest BCUT2D eigenvalue weighted by Gasteiger charge is 2.39. The monoisotopic (exact) mass is 250 g/mol. The van der Waals surface area contributed by atoms with Gasteiger partial charge in [-0.1, -0.05) is 0 Å². The van der Waals surface area contributed by atoms with Crippen LogP contribution >= 0.6 is 0 Å². The van der Waals surface area contributed by atoms with E-state index < -0.39 is 21.4 Å². The van der Waals surface area contributed by atoms with Crippen LogP contribution in [0.5, 0.6) is 0 Å². The van der Waals surface area contributed by atoms with Gasteiger partial charge in [-0.3, -0.25) is 9.69 Å². The van der Waals surface area contributed by atoms with E-state index >= 15 is 0 Å². The number of carboxylic acids is 1. The van der Waals surface area contributed by atoms with E-state index in [1.165, 1.54) is 16.1 Å². The lowest BCUT2D eigenvalue weighted by Gasteiger charge is -2.39. The lowest BCUT2D eigenvalue weighted by Crippen LogP contribution is -2.57. The molecule has 1 aliphatic rings. The molecule has 1 N–H and O–H groups in total. The van der Waals surface area contributed by atoms with E-state index in [-0.39, 0.29) is 12.6 Å². The van der Waals surface area contributed by atoms with Gasteiger partial charge < -0.3 is 5.11 Å². The first-order valence-electron chi connectivity index (χ1n) is 5.23. The van der Waals surface area contributed by atoms with E-state index in [0.717, 1.165) is 0 Å². The summed E-state index contributed by atoms with van der Waals surface area (Å²) in [6.07, 6.45) is 0. The first kappa shape index (κ1) is 13.4. The zero-order chi connectivity index (χ0) is 12.5. The Morgan fingerprint density at radius 3 is 2.44 bits per heavy atom. The number of rotatable bonds is 3. The molecule has 7 heteroatoms. The molecular formula is C9H18N2O4S. The van der Waals surface area contributed by atoms with Gasteiger partial charge in [-0.05, 0) is 20.8 Å². The maximum absolute atomic E-state index is 12.0. The molecule has 0 unspecified atom stereocenters. The first-order valence-corrected chi connectivity index (χ1v) is 6.73. The van der Waals surface area contributed by atoms with Gasteiger partial charge in [0.1, 0.15) is 5.37 Å². The van der Waals surface area contributed by atoms with Crippen molar-refractivity contribution in [3.63, 3.8) is 0 Å². The summed E-state index contributed by atoms with van der Waals surface area (Å²) in [6, 6.07) is -0.0839. The number of carboxylic acid groups (broad SMARTS) is 1. The first-order chi connectivity index (χ1) is 7.26. The Balaban J connectivity index is 2.87. The minimum absolute atomic E-state index is 0.0839. The smallest absolute Gasteiger partial charge is 0.317 e. The molecule has 0 saturated carbocycles. The normalized spacial score (nSPS) is 27.1. The predicted octanol–water partition coefficient (Wildman–Crippen LogP) is -0.227. The van der Waals surface area contributed by atoms with Crippen molar-refractivity contribution in [3.05, 3.63) is 0 Å². The molecule has 1 rings (SSSR count). The summed E-state index contributed by atoms with van der Waals surface area (Å²) >= 11 is 0. The highest BCUT2D eigenvalue weighted by molar-refractivity contribution is 7.89. The Bertz CT molecular complexity index is 366. The summed E-state index contributed by atoms with van der Waals surface area (Å²) in [7, 11) is -3.40. The summed E-state index contributed by atoms with van der Waals surface area (Å²) < 4.78 is 25.5. The van der Waals surface area contributed by atoms with Crippen LogP contribution in [0.25, 0.3) is 0 Å². The van der Waals surface area contributed by atoms with Crippen LogP contribution < -0.4 is 0 Å². The Morgan fingerprint density at radius 2 is 2.00 bits per heavy atom. The summed E-state index contributed by atoms with van der Waals surface area (Å²) in [6.45, 7) is 5.76. The highest BCUT2D eigenvalue weighted by atomic mass is 32.2. The molecule has 94 valence electrons. The van der Waals surface area contributed by atoms with Crippen molar-refractivity contribution in [1.29, 1.82) is 0 Å². The SMILES string of the molecule is CC(C)N1CCN(CC(=O)O)[C@@H](C)S1(=O)=O. The molecule has 1 aliphatic heterocycles. The minimum atomic E-state index is -3.40. The van der Waals surface area contributed by atoms with Gasteiger partial charge in [0, 0.05) is 19.1 Å². The van der Waals surface area contributed by atoms with E-state index in [2.05, 4.69) is 0 Å². The van der Waals surface area contributed by atoms with Crippen LogP contribution in [0.15, 0.2) is 0 Å². The van der Waals surface area contributed by atoms with Crippen molar-refractivity contribution >= 4 is 16.0 Å². The second kappa shape index (κ2) is 4.68. The van der Waals surface area contributed by atoms with Crippen LogP contribution in [0.4, 0.5) is 0 Å². The fraction of sp³-hybridized carbons (Fsp3) is 0.889. The summed E-state index contributed by atoms with van der Waals surface area (Å²) in [5.74, 6) is -1.000. The average molecular weight is 250 g/mol. The van der Waals surface area contributed by atoms with Gasteiger partial charge in [0.05, 0.1) is 6.54 Å². The zero-order valence-corrected chi connectivity index (χ0v) is 10.6. The third-order valence-electron chi connectivity index (χ3n) is 2.79. The maximum atomic E-state index is 12.0. The molecule has 0 aromatic heterocycles. The maximum Gasteiger partial charge on any atom is 0.317 e. The van der Waals surface area contributed by atoms with Crippen molar-refractivity contribution in [1.82, 2.24) is 9.21 Å². The van der Waals surface area contributed by atoms with Crippen molar-refractivity contribution in [2.75, 3.05) is 19.6 Å². The van der Waals surface area contributed by atoms with Gasteiger partial charge >= 0.3 is 5.97 Å². The molecule has 0 aliphatic carbocycles. The van der Waals surface area contributed by atoms with Crippen LogP contribution in [0.3, 0.4) is 0 Å². The average Bonchev–Trinajstić information content (AvgIpc) is 2.11. The van der Waals surface area contributed by atoms with Crippen molar-refractivity contribution in [2.24, 2.45) is 0 Å². The number of nitrogens with zero attached hydrogens (tertiary/aromatic N) is 2. The summed E-state index contributed by atoms with van der Waals surface area (Å²) in [5.41, 5.74) is 0. The fourth-order valence-electron chi connectivity index (χ4n) is 1.85. The molecule has 0 aromatic rings. The number of hydrogen-bond acceptors (Lipinski definition) is 4. The van der Waals surface area contributed by atoms with Crippen LogP contribution in [0, 0.1) is 0 Å². The molecule has 1 saturated heterocycles. The molecular weight excluding hydrogens is 232 g/mol. The lowest BCUT2D eigenvalue weighted by atomic mass is 10.3. The van der Waals surface area contributed by atoms with Gasteiger partial charge in [-0.2, -0.15) is 4.31 Å². The van der Waals surface area contributed by atoms with Crippen LogP contribution in [0.1, 0.15) is 20.8 Å². The summed E-state index contributed by atoms with van der Waals surface area (Å²) in [5, 5.41) is 7.91. The van der Waals surface area contributed by atoms with Crippen LogP contribution in [0.2, 0.25) is 0 Å². The molecule has 6 nitrogen and oxygen atoms in total. The zero-order valence-electron chi connectivity index (χ0n) is 9.75. The molecule has 1 fully saturated rings. The topological polar surface area (TPSA) is 77.9 Å². The molecule has 0 bridgehead atoms. The fourth-order valence-corrected chi connectivity index (χ4v) is 3.73. The Hall–Kier alpha value is -0.660. The second-order valence-corrected chi connectivity index (χ2v) is 6.39. The van der Waals surface area contributed by atoms with Gasteiger partial charge in [0.25, 0.3) is 0 Å². The third kappa shape index (κ3) is 2.53. The predicted molar refractivity (Wildman–Crippen MR) is 59.4 cm³/mol. The number of sulfonamides is 1. The standard InChI is InChI=1S/C9H18N2O4S/c1-7(2)11-5-4-10(6-9(12)13)8(3)16(11,14)15/h7-8H,4-6H2,1-3H3,(H,12,13)/t8-/m1/s1. The summed E-state index contributed by atoms with van der Waals surface area (Å²) in [4.78, 5) is 12.1. The van der Waals surface area contributed by atoms with Crippen LogP contribution in [-0.4, -0.2) is 59.7 Å². The Morgan fingerprint density at radius 1 is 1.44 bits per heavy atom. The van der Waals surface area contributed by atoms with Crippen LogP contribution in [-0.2, 0) is 14.8 Å². The van der Waals surface area contributed by atoms with E-state index in [1.807, 2.05) is 13.8 Å². The van der Waals surface area contributed by atoms with Gasteiger partial charge in [-0.25, -0.2) is 8.42 Å². The molecule has 16 heavy (non-hydrogen) atoms. The van der Waals surface area contributed by atoms with Crippen molar-refractivity contribution < 1.29 is 18.3 Å². The van der Waals surface area contributed by atoms with E-state index in [4.69, 9.17) is 5.11 Å². The molecule has 0 amide bonds. The Kier molecular flexibility index (Phi) is 3.92. The van der Waals surface area contributed by atoms with Gasteiger partial charge in [-0.15, -0.1) is 0 Å². The third-order valence-corrected chi connectivity index (χ3v) is 5.21. The lowest BCUT2D eigenvalue weighted by molar-refractivity contribution is -0.138. The molecule has 0 spiro atoms. The van der Waals surface area contributed by atoms with E-state index in [9.17, 15) is 13.2 Å². The Labute approximate surface area is 95.9 Å². The molecule has 0 radical (unpaired) electrons. The molecule has 0 aromatic carbocycles. The van der Waals surface area contributed by atoms with Crippen molar-refractivity contribution in [2.45, 2.75) is 32.2 Å². The molecule has 1 heterocycles. The highest BCUT2D eigenvalue weighted by Crippen LogP contribution is 2.20. The number of aliphatic carboxylic acids is 1.